The summed E-state index contributed by atoms with van der Waals surface area (Å²) in [4.78, 5) is 0. The van der Waals surface area contributed by atoms with E-state index in [0.717, 1.165) is 5.56 Å². The molecule has 0 radical (unpaired) electrons. The highest BCUT2D eigenvalue weighted by Crippen LogP contribution is 2.25. The molecule has 0 saturated heterocycles. The number of hydrogen-bond acceptors (Lipinski definition) is 2. The van der Waals surface area contributed by atoms with Gasteiger partial charge >= 0.3 is 0 Å². The maximum absolute atomic E-state index is 13.2. The van der Waals surface area contributed by atoms with Gasteiger partial charge in [-0.05, 0) is 51.8 Å². The van der Waals surface area contributed by atoms with Gasteiger partial charge in [-0.25, -0.2) is 4.39 Å². The van der Waals surface area contributed by atoms with Gasteiger partial charge in [0.2, 0.25) is 0 Å². The minimum Gasteiger partial charge on any atom is -0.507 e. The average molecular weight is 331 g/mol. The summed E-state index contributed by atoms with van der Waals surface area (Å²) >= 11 is 8.84. The molecule has 2 rings (SSSR count). The molecule has 0 spiro atoms. The van der Waals surface area contributed by atoms with Gasteiger partial charge in [0.05, 0.1) is 9.50 Å². The molecule has 18 heavy (non-hydrogen) atoms. The zero-order valence-electron chi connectivity index (χ0n) is 9.25. The fourth-order valence-corrected chi connectivity index (χ4v) is 2.01. The number of phenols is 1. The van der Waals surface area contributed by atoms with Crippen LogP contribution in [0.2, 0.25) is 5.02 Å². The largest absolute Gasteiger partial charge is 0.507 e. The summed E-state index contributed by atoms with van der Waals surface area (Å²) in [6.45, 7) is 0.528. The van der Waals surface area contributed by atoms with Crippen molar-refractivity contribution in [3.8, 4) is 5.75 Å². The maximum Gasteiger partial charge on any atom is 0.143 e. The highest BCUT2D eigenvalue weighted by molar-refractivity contribution is 9.10. The number of phenolic OH excluding ortho intramolecular Hbond substituents is 1. The first kappa shape index (κ1) is 13.2. The Hall–Kier alpha value is -1.26. The van der Waals surface area contributed by atoms with Crippen molar-refractivity contribution in [2.45, 2.75) is 6.54 Å². The molecule has 0 heterocycles. The molecule has 0 atom stereocenters. The maximum atomic E-state index is 13.2. The Morgan fingerprint density at radius 2 is 2.00 bits per heavy atom. The second kappa shape index (κ2) is 5.59. The van der Waals surface area contributed by atoms with Crippen LogP contribution in [0, 0.1) is 5.82 Å². The molecule has 0 aliphatic rings. The summed E-state index contributed by atoms with van der Waals surface area (Å²) in [5.74, 6) is -0.259. The molecule has 0 unspecified atom stereocenters. The number of benzene rings is 2. The van der Waals surface area contributed by atoms with Gasteiger partial charge in [0, 0.05) is 12.2 Å². The summed E-state index contributed by atoms with van der Waals surface area (Å²) in [6, 6.07) is 9.75. The van der Waals surface area contributed by atoms with Gasteiger partial charge in [0.1, 0.15) is 11.6 Å². The summed E-state index contributed by atoms with van der Waals surface area (Å²) in [5.41, 5.74) is 1.62. The molecule has 0 fully saturated rings. The van der Waals surface area contributed by atoms with E-state index in [0.29, 0.717) is 16.7 Å². The number of aromatic hydroxyl groups is 1. The van der Waals surface area contributed by atoms with Crippen LogP contribution >= 0.6 is 27.5 Å². The van der Waals surface area contributed by atoms with E-state index < -0.39 is 5.82 Å². The SMILES string of the molecule is Oc1ccc(CNc2ccc(Cl)c(F)c2)cc1Br. The van der Waals surface area contributed by atoms with E-state index >= 15 is 0 Å². The van der Waals surface area contributed by atoms with Crippen LogP contribution in [0.15, 0.2) is 40.9 Å². The molecular formula is C13H10BrClFNO. The monoisotopic (exact) mass is 329 g/mol. The van der Waals surface area contributed by atoms with Crippen LogP contribution in [0.5, 0.6) is 5.75 Å². The second-order valence-electron chi connectivity index (χ2n) is 3.77. The third-order valence-corrected chi connectivity index (χ3v) is 3.37. The lowest BCUT2D eigenvalue weighted by atomic mass is 10.2. The van der Waals surface area contributed by atoms with E-state index in [2.05, 4.69) is 21.2 Å². The van der Waals surface area contributed by atoms with E-state index in [4.69, 9.17) is 11.6 Å². The van der Waals surface area contributed by atoms with Crippen LogP contribution in [0.1, 0.15) is 5.56 Å². The fourth-order valence-electron chi connectivity index (χ4n) is 1.47. The molecule has 0 bridgehead atoms. The highest BCUT2D eigenvalue weighted by Gasteiger charge is 2.02. The fraction of sp³-hybridized carbons (Fsp3) is 0.0769. The van der Waals surface area contributed by atoms with Crippen molar-refractivity contribution in [3.05, 3.63) is 57.3 Å². The van der Waals surface area contributed by atoms with Gasteiger partial charge in [-0.1, -0.05) is 17.7 Å². The Kier molecular flexibility index (Phi) is 4.09. The third kappa shape index (κ3) is 3.15. The first-order valence-corrected chi connectivity index (χ1v) is 6.39. The molecule has 5 heteroatoms. The average Bonchev–Trinajstić information content (AvgIpc) is 2.35. The summed E-state index contributed by atoms with van der Waals surface area (Å²) < 4.78 is 13.8. The van der Waals surface area contributed by atoms with Crippen molar-refractivity contribution in [2.24, 2.45) is 0 Å². The Morgan fingerprint density at radius 1 is 1.22 bits per heavy atom. The number of hydrogen-bond donors (Lipinski definition) is 2. The van der Waals surface area contributed by atoms with E-state index in [1.807, 2.05) is 0 Å². The van der Waals surface area contributed by atoms with Crippen LogP contribution in [0.3, 0.4) is 0 Å². The summed E-state index contributed by atoms with van der Waals surface area (Å²) in [7, 11) is 0. The minimum atomic E-state index is -0.450. The van der Waals surface area contributed by atoms with Gasteiger partial charge in [-0.15, -0.1) is 0 Å². The number of nitrogens with one attached hydrogen (secondary N) is 1. The van der Waals surface area contributed by atoms with E-state index in [1.165, 1.54) is 12.1 Å². The highest BCUT2D eigenvalue weighted by atomic mass is 79.9. The van der Waals surface area contributed by atoms with Crippen LogP contribution in [-0.4, -0.2) is 5.11 Å². The van der Waals surface area contributed by atoms with Gasteiger partial charge in [-0.2, -0.15) is 0 Å². The second-order valence-corrected chi connectivity index (χ2v) is 5.03. The first-order valence-electron chi connectivity index (χ1n) is 5.22. The minimum absolute atomic E-state index is 0.105. The number of rotatable bonds is 3. The molecular weight excluding hydrogens is 321 g/mol. The van der Waals surface area contributed by atoms with Crippen LogP contribution in [-0.2, 0) is 6.54 Å². The topological polar surface area (TPSA) is 32.3 Å². The summed E-state index contributed by atoms with van der Waals surface area (Å²) in [6.07, 6.45) is 0. The molecule has 94 valence electrons. The Bertz CT molecular complexity index is 525. The van der Waals surface area contributed by atoms with E-state index in [9.17, 15) is 9.50 Å². The Morgan fingerprint density at radius 3 is 2.67 bits per heavy atom. The standard InChI is InChI=1S/C13H10BrClFNO/c14-10-5-8(1-4-13(10)18)7-17-9-2-3-11(15)12(16)6-9/h1-6,17-18H,7H2. The van der Waals surface area contributed by atoms with Gasteiger partial charge < -0.3 is 10.4 Å². The predicted molar refractivity (Wildman–Crippen MR) is 74.5 cm³/mol. The zero-order valence-corrected chi connectivity index (χ0v) is 11.6. The van der Waals surface area contributed by atoms with Gasteiger partial charge in [0.15, 0.2) is 0 Å². The van der Waals surface area contributed by atoms with E-state index in [-0.39, 0.29) is 10.8 Å². The lowest BCUT2D eigenvalue weighted by Crippen LogP contribution is -1.99. The number of halogens is 3. The van der Waals surface area contributed by atoms with Crippen LogP contribution in [0.4, 0.5) is 10.1 Å². The third-order valence-electron chi connectivity index (χ3n) is 2.43. The normalized spacial score (nSPS) is 10.4. The van der Waals surface area contributed by atoms with Crippen molar-refractivity contribution >= 4 is 33.2 Å². The van der Waals surface area contributed by atoms with Gasteiger partial charge in [0.25, 0.3) is 0 Å². The van der Waals surface area contributed by atoms with Crippen molar-refractivity contribution in [1.82, 2.24) is 0 Å². The molecule has 2 aromatic rings. The molecule has 0 aromatic heterocycles. The lowest BCUT2D eigenvalue weighted by molar-refractivity contribution is 0.471. The molecule has 0 amide bonds. The smallest absolute Gasteiger partial charge is 0.143 e. The summed E-state index contributed by atoms with van der Waals surface area (Å²) in [5, 5.41) is 12.5. The molecule has 2 nitrogen and oxygen atoms in total. The van der Waals surface area contributed by atoms with Crippen molar-refractivity contribution in [1.29, 1.82) is 0 Å². The van der Waals surface area contributed by atoms with Crippen LogP contribution < -0.4 is 5.32 Å². The van der Waals surface area contributed by atoms with E-state index in [1.54, 1.807) is 24.3 Å². The predicted octanol–water partition coefficient (Wildman–Crippen LogP) is 4.56. The molecule has 2 aromatic carbocycles. The van der Waals surface area contributed by atoms with Crippen LogP contribution in [0.25, 0.3) is 0 Å². The lowest BCUT2D eigenvalue weighted by Gasteiger charge is -2.08. The zero-order chi connectivity index (χ0) is 13.1. The Labute approximate surface area is 118 Å². The number of anilines is 1. The molecule has 0 saturated carbocycles. The first-order chi connectivity index (χ1) is 8.56. The van der Waals surface area contributed by atoms with Crippen molar-refractivity contribution in [2.75, 3.05) is 5.32 Å². The van der Waals surface area contributed by atoms with Crippen molar-refractivity contribution < 1.29 is 9.50 Å². The molecule has 2 N–H and O–H groups in total. The quantitative estimate of drug-likeness (QED) is 0.864. The molecule has 0 aliphatic heterocycles. The molecule has 0 aliphatic carbocycles. The van der Waals surface area contributed by atoms with Gasteiger partial charge in [-0.3, -0.25) is 0 Å². The Balaban J connectivity index is 2.06. The van der Waals surface area contributed by atoms with Crippen molar-refractivity contribution in [3.63, 3.8) is 0 Å².